The van der Waals surface area contributed by atoms with Crippen molar-refractivity contribution in [3.63, 3.8) is 0 Å². The summed E-state index contributed by atoms with van der Waals surface area (Å²) in [5.74, 6) is -4.99. The molecule has 94 heavy (non-hydrogen) atoms. The number of Topliss-reactive ketones (excluding diaryl/α,β-unsaturated/α-hetero) is 1. The number of nitrogens with two attached hydrogens (primary N) is 1. The maximum Gasteiger partial charge on any atom is 0.410 e. The highest BCUT2D eigenvalue weighted by Crippen LogP contribution is 2.53. The molecule has 506 valence electrons. The number of aliphatic hydroxyl groups is 1. The fourth-order valence-electron chi connectivity index (χ4n) is 13.4. The van der Waals surface area contributed by atoms with Gasteiger partial charge in [0.2, 0.25) is 17.7 Å². The minimum atomic E-state index is -2.23. The summed E-state index contributed by atoms with van der Waals surface area (Å²) in [6.45, 7) is 6.88. The van der Waals surface area contributed by atoms with E-state index in [0.717, 1.165) is 4.90 Å². The number of phenolic OH excluding ortho intramolecular Hbond substituents is 2. The summed E-state index contributed by atoms with van der Waals surface area (Å²) < 4.78 is 42.2. The van der Waals surface area contributed by atoms with E-state index in [2.05, 4.69) is 26.2 Å². The molecule has 7 aliphatic rings. The number of anilines is 1. The lowest BCUT2D eigenvalue weighted by Crippen LogP contribution is -2.56. The number of nitrogens with zero attached hydrogens (tertiary/aromatic N) is 4. The van der Waals surface area contributed by atoms with E-state index in [1.807, 2.05) is 6.92 Å². The third-order valence-corrected chi connectivity index (χ3v) is 18.4. The smallest absolute Gasteiger partial charge is 0.410 e. The minimum absolute atomic E-state index is 0.00374. The van der Waals surface area contributed by atoms with Gasteiger partial charge in [-0.1, -0.05) is 44.5 Å². The van der Waals surface area contributed by atoms with Crippen LogP contribution in [0.25, 0.3) is 0 Å². The highest BCUT2D eigenvalue weighted by Gasteiger charge is 2.55. The molecule has 8 amide bonds. The number of carbonyl (C=O) groups is 9. The van der Waals surface area contributed by atoms with Crippen LogP contribution in [0.3, 0.4) is 0 Å². The summed E-state index contributed by atoms with van der Waals surface area (Å²) in [5.41, 5.74) is 3.10. The number of ether oxygens (including phenoxy) is 7. The molecule has 3 aromatic rings. The number of hydrogen-bond acceptors (Lipinski definition) is 22. The summed E-state index contributed by atoms with van der Waals surface area (Å²) in [6.07, 6.45) is -1.33. The molecule has 10 atom stereocenters. The lowest BCUT2D eigenvalue weighted by molar-refractivity contribution is -0.256. The first-order valence-electron chi connectivity index (χ1n) is 31.7. The van der Waals surface area contributed by atoms with Crippen molar-refractivity contribution in [2.75, 3.05) is 78.5 Å². The highest BCUT2D eigenvalue weighted by atomic mass is 16.7. The van der Waals surface area contributed by atoms with Crippen molar-refractivity contribution in [1.82, 2.24) is 35.6 Å². The van der Waals surface area contributed by atoms with Gasteiger partial charge in [0.15, 0.2) is 30.4 Å². The molecule has 2 aliphatic carbocycles. The number of primary amides is 1. The molecule has 29 nitrogen and oxygen atoms in total. The lowest BCUT2D eigenvalue weighted by atomic mass is 9.71. The molecular formula is C65H82N10O19. The molecular weight excluding hydrogens is 1220 g/mol. The summed E-state index contributed by atoms with van der Waals surface area (Å²) in [7, 11) is 2.92. The van der Waals surface area contributed by atoms with E-state index in [4.69, 9.17) is 38.9 Å². The molecule has 0 saturated carbocycles. The summed E-state index contributed by atoms with van der Waals surface area (Å²) in [6, 6.07) is 8.00. The number of ketones is 2. The van der Waals surface area contributed by atoms with Crippen molar-refractivity contribution < 1.29 is 91.6 Å². The van der Waals surface area contributed by atoms with E-state index in [-0.39, 0.29) is 159 Å². The fourth-order valence-corrected chi connectivity index (χ4v) is 13.4. The predicted octanol–water partition coefficient (Wildman–Crippen LogP) is 2.36. The molecule has 4 fully saturated rings. The number of aromatic hydroxyl groups is 2. The van der Waals surface area contributed by atoms with Crippen LogP contribution in [0.15, 0.2) is 54.6 Å². The van der Waals surface area contributed by atoms with E-state index in [1.54, 1.807) is 55.1 Å². The number of fused-ring (bicyclic) bond motifs is 6. The molecule has 0 aromatic heterocycles. The van der Waals surface area contributed by atoms with E-state index in [9.17, 15) is 63.9 Å². The van der Waals surface area contributed by atoms with E-state index < -0.39 is 109 Å². The largest absolute Gasteiger partial charge is 0.507 e. The number of nitrogens with one attached hydrogen (secondary N) is 5. The average Bonchev–Trinajstić information content (AvgIpc) is 0.860. The number of urea groups is 1. The number of imide groups is 1. The van der Waals surface area contributed by atoms with Gasteiger partial charge >= 0.3 is 12.1 Å². The number of rotatable bonds is 25. The van der Waals surface area contributed by atoms with Crippen LogP contribution in [-0.4, -0.2) is 222 Å². The fraction of sp³-hybridized carbons (Fsp3) is 0.538. The number of methoxy groups -OCH3 is 2. The maximum absolute atomic E-state index is 14.7. The second-order valence-corrected chi connectivity index (χ2v) is 24.9. The molecule has 5 heterocycles. The Morgan fingerprint density at radius 1 is 0.862 bits per heavy atom. The van der Waals surface area contributed by atoms with Gasteiger partial charge in [-0.15, -0.1) is 0 Å². The number of hydrogen-bond donors (Lipinski definition) is 9. The second-order valence-electron chi connectivity index (χ2n) is 24.9. The standard InChI is InChI=1S/C65H82N10O19/c1-34(2)54(71-45(77)14-7-6-8-22-75-46(78)19-20-47(75)79)60(84)70-40(12-10-21-68-63(67)85)59(83)69-37-17-15-36(16-18-37)33-91-64(86)73-25-23-72(24-26-73)32-44(76)65(87)30-39-50(57(82)51-52(56(39)81)55(80)38-11-9-13-42(88-4)49(38)53(51)66)43(31-65)93-48-29-41-58(35(3)92-48)94-61-62(89-5)90-28-27-74(41)61/h9,11,13,15-20,34-35,40-41,43,48,54,58,61-62,66,81-82,87H,6-8,10,12,14,21-33H2,1-5H3,(H,69,83)(H,70,84)(H,71,77)(H3,67,68,85)/t35-,40-,41-,43-,48-,54-,58+,61+,62-,65-/m0/s1. The predicted molar refractivity (Wildman–Crippen MR) is 332 cm³/mol. The zero-order valence-electron chi connectivity index (χ0n) is 53.1. The van der Waals surface area contributed by atoms with Gasteiger partial charge in [0.05, 0.1) is 54.9 Å². The quantitative estimate of drug-likeness (QED) is 0.0261. The Bertz CT molecular complexity index is 3450. The van der Waals surface area contributed by atoms with Crippen LogP contribution in [0.5, 0.6) is 17.2 Å². The Morgan fingerprint density at radius 2 is 1.60 bits per heavy atom. The van der Waals surface area contributed by atoms with E-state index >= 15 is 0 Å². The van der Waals surface area contributed by atoms with Crippen LogP contribution >= 0.6 is 0 Å². The van der Waals surface area contributed by atoms with Crippen molar-refractivity contribution >= 4 is 64.6 Å². The van der Waals surface area contributed by atoms with E-state index in [1.165, 1.54) is 37.3 Å². The van der Waals surface area contributed by atoms with Gasteiger partial charge in [-0.2, -0.15) is 0 Å². The SMILES string of the molecule is COc1cccc2c1C(=N)c1c(O)c3c(c(O)c1C2=O)C[C@@](O)(C(=O)CN1CCN(C(=O)OCc2ccc(NC(=O)[C@H](CCCNC(N)=O)NC(=O)[C@@H](NC(=O)CCCCCN4C(=O)C=CC4=O)C(C)C)cc2)CC1)C[C@@H]3O[C@H]1C[C@H]2[C@H](O[C@@H]3[C@@H](OC)OCCN32)[C@H](C)O1. The van der Waals surface area contributed by atoms with Gasteiger partial charge in [0.1, 0.15) is 47.6 Å². The van der Waals surface area contributed by atoms with Crippen LogP contribution in [0.4, 0.5) is 15.3 Å². The number of piperazine rings is 1. The number of amides is 8. The normalized spacial score (nSPS) is 24.7. The van der Waals surface area contributed by atoms with Crippen LogP contribution in [-0.2, 0) is 70.2 Å². The molecule has 29 heteroatoms. The Hall–Kier alpha value is -8.42. The molecule has 10 N–H and O–H groups in total. The highest BCUT2D eigenvalue weighted by molar-refractivity contribution is 6.32. The molecule has 10 rings (SSSR count). The van der Waals surface area contributed by atoms with Crippen LogP contribution < -0.4 is 31.7 Å². The number of benzene rings is 3. The summed E-state index contributed by atoms with van der Waals surface area (Å²) in [4.78, 5) is 125. The molecule has 3 aromatic carbocycles. The third kappa shape index (κ3) is 14.7. The van der Waals surface area contributed by atoms with Crippen molar-refractivity contribution in [2.45, 2.75) is 146 Å². The first kappa shape index (κ1) is 68.4. The Labute approximate surface area is 542 Å². The summed E-state index contributed by atoms with van der Waals surface area (Å²) in [5, 5.41) is 57.3. The molecule has 0 radical (unpaired) electrons. The van der Waals surface area contributed by atoms with Crippen molar-refractivity contribution in [3.05, 3.63) is 93.6 Å². The first-order chi connectivity index (χ1) is 45.0. The minimum Gasteiger partial charge on any atom is -0.507 e. The zero-order chi connectivity index (χ0) is 67.3. The van der Waals surface area contributed by atoms with Crippen LogP contribution in [0.2, 0.25) is 0 Å². The second kappa shape index (κ2) is 29.5. The van der Waals surface area contributed by atoms with Crippen molar-refractivity contribution in [1.29, 1.82) is 5.41 Å². The van der Waals surface area contributed by atoms with Gasteiger partial charge in [0, 0.05) is 119 Å². The topological polar surface area (TPSA) is 390 Å². The number of phenols is 2. The zero-order valence-corrected chi connectivity index (χ0v) is 53.1. The molecule has 5 aliphatic heterocycles. The van der Waals surface area contributed by atoms with Gasteiger partial charge in [-0.05, 0) is 62.3 Å². The Balaban J connectivity index is 0.741. The number of morpholine rings is 1. The van der Waals surface area contributed by atoms with E-state index in [0.29, 0.717) is 43.7 Å². The first-order valence-corrected chi connectivity index (χ1v) is 31.7. The molecule has 0 spiro atoms. The number of carbonyl (C=O) groups excluding carboxylic acids is 9. The summed E-state index contributed by atoms with van der Waals surface area (Å²) >= 11 is 0. The van der Waals surface area contributed by atoms with Crippen LogP contribution in [0, 0.1) is 11.3 Å². The monoisotopic (exact) mass is 1310 g/mol. The van der Waals surface area contributed by atoms with Crippen LogP contribution in [0.1, 0.15) is 122 Å². The Kier molecular flexibility index (Phi) is 21.5. The van der Waals surface area contributed by atoms with Gasteiger partial charge < -0.3 is 80.4 Å². The third-order valence-electron chi connectivity index (χ3n) is 18.4. The molecule has 0 unspecified atom stereocenters. The van der Waals surface area contributed by atoms with Gasteiger partial charge in [0.25, 0.3) is 11.8 Å². The molecule has 4 saturated heterocycles. The van der Waals surface area contributed by atoms with Gasteiger partial charge in [-0.25, -0.2) is 9.59 Å². The molecule has 0 bridgehead atoms. The number of unbranched alkanes of at least 4 members (excludes halogenated alkanes) is 2. The van der Waals surface area contributed by atoms with Crippen molar-refractivity contribution in [3.8, 4) is 17.2 Å². The lowest BCUT2D eigenvalue weighted by Gasteiger charge is -2.44. The van der Waals surface area contributed by atoms with Crippen molar-refractivity contribution in [2.24, 2.45) is 11.7 Å². The maximum atomic E-state index is 14.7. The average molecular weight is 1310 g/mol. The van der Waals surface area contributed by atoms with Gasteiger partial charge in [-0.3, -0.25) is 53.7 Å². The Morgan fingerprint density at radius 3 is 2.29 bits per heavy atom.